The Morgan fingerprint density at radius 2 is 1.78 bits per heavy atom. The van der Waals surface area contributed by atoms with E-state index in [9.17, 15) is 14.4 Å². The van der Waals surface area contributed by atoms with Crippen LogP contribution in [0.1, 0.15) is 6.42 Å². The second kappa shape index (κ2) is 7.63. The molecule has 2 saturated heterocycles. The third-order valence-electron chi connectivity index (χ3n) is 4.37. The summed E-state index contributed by atoms with van der Waals surface area (Å²) in [5.74, 6) is -0.229. The summed E-state index contributed by atoms with van der Waals surface area (Å²) in [5, 5.41) is 0. The van der Waals surface area contributed by atoms with Crippen LogP contribution in [0.25, 0.3) is 0 Å². The van der Waals surface area contributed by atoms with Crippen molar-refractivity contribution in [2.75, 3.05) is 67.1 Å². The maximum Gasteiger partial charge on any atom is 0.319 e. The number of nitrogens with zero attached hydrogens (tertiary/aromatic N) is 4. The molecule has 0 aliphatic carbocycles. The standard InChI is InChI=1S/C15H26N4O4/c1-16(2)15(22)18-6-4-17(5-7-18)14(21)12-10-13(20)19(11-12)8-9-23-3/h12H,4-11H2,1-3H3. The molecule has 2 aliphatic heterocycles. The third-order valence-corrected chi connectivity index (χ3v) is 4.37. The van der Waals surface area contributed by atoms with E-state index in [0.717, 1.165) is 0 Å². The largest absolute Gasteiger partial charge is 0.383 e. The molecule has 0 N–H and O–H groups in total. The minimum Gasteiger partial charge on any atom is -0.383 e. The summed E-state index contributed by atoms with van der Waals surface area (Å²) in [4.78, 5) is 43.2. The molecule has 1 atom stereocenters. The summed E-state index contributed by atoms with van der Waals surface area (Å²) in [7, 11) is 5.04. The summed E-state index contributed by atoms with van der Waals surface area (Å²) < 4.78 is 4.99. The van der Waals surface area contributed by atoms with Gasteiger partial charge in [0.1, 0.15) is 0 Å². The number of amides is 4. The molecule has 8 nitrogen and oxygen atoms in total. The van der Waals surface area contributed by atoms with Crippen LogP contribution in [0.15, 0.2) is 0 Å². The number of hydrogen-bond acceptors (Lipinski definition) is 4. The van der Waals surface area contributed by atoms with Crippen LogP contribution in [0.2, 0.25) is 0 Å². The molecule has 0 saturated carbocycles. The van der Waals surface area contributed by atoms with Crippen LogP contribution in [-0.4, -0.2) is 105 Å². The summed E-state index contributed by atoms with van der Waals surface area (Å²) in [5.41, 5.74) is 0. The Balaban J connectivity index is 1.83. The fraction of sp³-hybridized carbons (Fsp3) is 0.800. The van der Waals surface area contributed by atoms with Crippen molar-refractivity contribution in [3.63, 3.8) is 0 Å². The first-order chi connectivity index (χ1) is 10.9. The molecule has 0 aromatic carbocycles. The van der Waals surface area contributed by atoms with Gasteiger partial charge in [0.25, 0.3) is 0 Å². The minimum absolute atomic E-state index is 0.0156. The van der Waals surface area contributed by atoms with Crippen LogP contribution in [0.5, 0.6) is 0 Å². The van der Waals surface area contributed by atoms with Crippen LogP contribution < -0.4 is 0 Å². The summed E-state index contributed by atoms with van der Waals surface area (Å²) in [6.07, 6.45) is 0.277. The van der Waals surface area contributed by atoms with Crippen molar-refractivity contribution >= 4 is 17.8 Å². The van der Waals surface area contributed by atoms with Crippen molar-refractivity contribution in [2.45, 2.75) is 6.42 Å². The Morgan fingerprint density at radius 3 is 2.35 bits per heavy atom. The number of carbonyl (C=O) groups excluding carboxylic acids is 3. The Labute approximate surface area is 136 Å². The lowest BCUT2D eigenvalue weighted by Gasteiger charge is -2.36. The number of likely N-dealkylation sites (tertiary alicyclic amines) is 1. The fourth-order valence-corrected chi connectivity index (χ4v) is 3.01. The van der Waals surface area contributed by atoms with E-state index in [-0.39, 0.29) is 30.2 Å². The summed E-state index contributed by atoms with van der Waals surface area (Å²) in [6, 6.07) is -0.0288. The first kappa shape index (κ1) is 17.5. The van der Waals surface area contributed by atoms with E-state index in [4.69, 9.17) is 4.74 Å². The van der Waals surface area contributed by atoms with Gasteiger partial charge in [-0.05, 0) is 0 Å². The number of piperazine rings is 1. The molecule has 0 spiro atoms. The average molecular weight is 326 g/mol. The first-order valence-corrected chi connectivity index (χ1v) is 7.95. The molecular weight excluding hydrogens is 300 g/mol. The zero-order chi connectivity index (χ0) is 17.0. The van der Waals surface area contributed by atoms with Crippen LogP contribution >= 0.6 is 0 Å². The molecule has 4 amide bonds. The normalized spacial score (nSPS) is 21.8. The van der Waals surface area contributed by atoms with Gasteiger partial charge in [0.05, 0.1) is 12.5 Å². The Kier molecular flexibility index (Phi) is 5.81. The van der Waals surface area contributed by atoms with Gasteiger partial charge in [-0.15, -0.1) is 0 Å². The predicted octanol–water partition coefficient (Wildman–Crippen LogP) is -0.693. The van der Waals surface area contributed by atoms with Gasteiger partial charge in [0, 0.05) is 66.9 Å². The molecule has 0 aromatic rings. The van der Waals surface area contributed by atoms with Crippen LogP contribution in [0.3, 0.4) is 0 Å². The predicted molar refractivity (Wildman–Crippen MR) is 83.8 cm³/mol. The summed E-state index contributed by atoms with van der Waals surface area (Å²) >= 11 is 0. The van der Waals surface area contributed by atoms with Gasteiger partial charge in [-0.2, -0.15) is 0 Å². The fourth-order valence-electron chi connectivity index (χ4n) is 3.01. The number of hydrogen-bond donors (Lipinski definition) is 0. The zero-order valence-electron chi connectivity index (χ0n) is 14.2. The molecule has 8 heteroatoms. The Morgan fingerprint density at radius 1 is 1.17 bits per heavy atom. The van der Waals surface area contributed by atoms with Crippen molar-refractivity contribution in [1.82, 2.24) is 19.6 Å². The van der Waals surface area contributed by atoms with Gasteiger partial charge in [0.2, 0.25) is 11.8 Å². The first-order valence-electron chi connectivity index (χ1n) is 7.95. The van der Waals surface area contributed by atoms with E-state index in [1.54, 1.807) is 40.8 Å². The second-order valence-electron chi connectivity index (χ2n) is 6.22. The Bertz CT molecular complexity index is 460. The van der Waals surface area contributed by atoms with Gasteiger partial charge < -0.3 is 24.3 Å². The lowest BCUT2D eigenvalue weighted by Crippen LogP contribution is -2.54. The van der Waals surface area contributed by atoms with Gasteiger partial charge >= 0.3 is 6.03 Å². The molecule has 130 valence electrons. The van der Waals surface area contributed by atoms with Crippen molar-refractivity contribution < 1.29 is 19.1 Å². The van der Waals surface area contributed by atoms with E-state index in [1.165, 1.54) is 0 Å². The van der Waals surface area contributed by atoms with E-state index in [0.29, 0.717) is 45.9 Å². The lowest BCUT2D eigenvalue weighted by molar-refractivity contribution is -0.137. The van der Waals surface area contributed by atoms with Crippen LogP contribution in [0.4, 0.5) is 4.79 Å². The topological polar surface area (TPSA) is 73.4 Å². The van der Waals surface area contributed by atoms with Crippen molar-refractivity contribution in [1.29, 1.82) is 0 Å². The highest BCUT2D eigenvalue weighted by Crippen LogP contribution is 2.20. The molecule has 1 unspecified atom stereocenters. The SMILES string of the molecule is COCCN1CC(C(=O)N2CCN(C(=O)N(C)C)CC2)CC1=O. The quantitative estimate of drug-likeness (QED) is 0.685. The molecule has 2 aliphatic rings. The molecule has 2 rings (SSSR count). The molecule has 23 heavy (non-hydrogen) atoms. The van der Waals surface area contributed by atoms with Crippen molar-refractivity contribution in [2.24, 2.45) is 5.92 Å². The van der Waals surface area contributed by atoms with E-state index in [2.05, 4.69) is 0 Å². The van der Waals surface area contributed by atoms with Crippen LogP contribution in [-0.2, 0) is 14.3 Å². The molecule has 2 heterocycles. The van der Waals surface area contributed by atoms with Gasteiger partial charge in [-0.25, -0.2) is 4.79 Å². The maximum absolute atomic E-state index is 12.6. The zero-order valence-corrected chi connectivity index (χ0v) is 14.2. The monoisotopic (exact) mass is 326 g/mol. The molecule has 2 fully saturated rings. The number of ether oxygens (including phenoxy) is 1. The third kappa shape index (κ3) is 4.13. The highest BCUT2D eigenvalue weighted by atomic mass is 16.5. The average Bonchev–Trinajstić information content (AvgIpc) is 2.92. The number of carbonyl (C=O) groups is 3. The number of urea groups is 1. The summed E-state index contributed by atoms with van der Waals surface area (Å²) in [6.45, 7) is 3.62. The highest BCUT2D eigenvalue weighted by molar-refractivity contribution is 5.89. The van der Waals surface area contributed by atoms with E-state index >= 15 is 0 Å². The number of rotatable bonds is 4. The van der Waals surface area contributed by atoms with Crippen molar-refractivity contribution in [3.05, 3.63) is 0 Å². The molecule has 0 aromatic heterocycles. The number of methoxy groups -OCH3 is 1. The molecule has 0 radical (unpaired) electrons. The van der Waals surface area contributed by atoms with E-state index in [1.807, 2.05) is 0 Å². The van der Waals surface area contributed by atoms with E-state index < -0.39 is 0 Å². The lowest BCUT2D eigenvalue weighted by atomic mass is 10.1. The van der Waals surface area contributed by atoms with Crippen LogP contribution in [0, 0.1) is 5.92 Å². The maximum atomic E-state index is 12.6. The highest BCUT2D eigenvalue weighted by Gasteiger charge is 2.37. The minimum atomic E-state index is -0.268. The van der Waals surface area contributed by atoms with Crippen molar-refractivity contribution in [3.8, 4) is 0 Å². The molecular formula is C15H26N4O4. The Hall–Kier alpha value is -1.83. The van der Waals surface area contributed by atoms with Gasteiger partial charge in [0.15, 0.2) is 0 Å². The molecule has 0 bridgehead atoms. The smallest absolute Gasteiger partial charge is 0.319 e. The van der Waals surface area contributed by atoms with Gasteiger partial charge in [-0.1, -0.05) is 0 Å². The second-order valence-corrected chi connectivity index (χ2v) is 6.22. The van der Waals surface area contributed by atoms with Gasteiger partial charge in [-0.3, -0.25) is 9.59 Å².